The molecule has 1 aliphatic rings. The Hall–Kier alpha value is 0.150. The van der Waals surface area contributed by atoms with Crippen molar-refractivity contribution in [3.8, 4) is 0 Å². The van der Waals surface area contributed by atoms with Gasteiger partial charge in [-0.1, -0.05) is 11.6 Å². The minimum atomic E-state index is -3.48. The predicted molar refractivity (Wildman–Crippen MR) is 82.6 cm³/mol. The number of likely N-dealkylation sites (N-methyl/N-ethyl adjacent to an activating group) is 1. The van der Waals surface area contributed by atoms with Crippen LogP contribution in [0.4, 0.5) is 0 Å². The molecular weight excluding hydrogens is 375 g/mol. The Morgan fingerprint density at radius 1 is 1.47 bits per heavy atom. The van der Waals surface area contributed by atoms with E-state index in [4.69, 9.17) is 11.6 Å². The molecule has 19 heavy (non-hydrogen) atoms. The minimum Gasteiger partial charge on any atom is -0.315 e. The molecule has 0 saturated carbocycles. The number of nitrogens with one attached hydrogen (secondary N) is 1. The summed E-state index contributed by atoms with van der Waals surface area (Å²) in [5, 5.41) is 3.67. The van der Waals surface area contributed by atoms with Gasteiger partial charge >= 0.3 is 0 Å². The lowest BCUT2D eigenvalue weighted by atomic mass is 10.3. The second-order valence-electron chi connectivity index (χ2n) is 4.24. The molecule has 1 saturated heterocycles. The molecule has 1 fully saturated rings. The Morgan fingerprint density at radius 2 is 2.16 bits per heavy atom. The molecule has 1 aromatic rings. The maximum atomic E-state index is 12.5. The highest BCUT2D eigenvalue weighted by molar-refractivity contribution is 9.10. The molecule has 8 heteroatoms. The summed E-state index contributed by atoms with van der Waals surface area (Å²) in [5.41, 5.74) is 0. The van der Waals surface area contributed by atoms with Gasteiger partial charge in [-0.2, -0.15) is 4.31 Å². The Morgan fingerprint density at radius 3 is 2.68 bits per heavy atom. The van der Waals surface area contributed by atoms with Crippen molar-refractivity contribution in [1.82, 2.24) is 9.62 Å². The zero-order chi connectivity index (χ0) is 13.3. The quantitative estimate of drug-likeness (QED) is 0.863. The standard InChI is InChI=1S/C11H14BrClN2O2S.ClH/c1-15(9-4-5-14-7-9)18(16,17)11-3-2-8(13)6-10(11)12;/h2-3,6,9,14H,4-5,7H2,1H3;1H. The molecule has 108 valence electrons. The third-order valence-electron chi connectivity index (χ3n) is 3.10. The SMILES string of the molecule is CN(C1CCNC1)S(=O)(=O)c1ccc(Cl)cc1Br.Cl. The molecule has 1 aliphatic heterocycles. The van der Waals surface area contributed by atoms with Gasteiger partial charge in [0, 0.05) is 29.1 Å². The van der Waals surface area contributed by atoms with Gasteiger partial charge in [0.2, 0.25) is 10.0 Å². The summed E-state index contributed by atoms with van der Waals surface area (Å²) >= 11 is 9.08. The van der Waals surface area contributed by atoms with Gasteiger partial charge in [0.15, 0.2) is 0 Å². The first-order valence-corrected chi connectivity index (χ1v) is 8.18. The second kappa shape index (κ2) is 6.74. The highest BCUT2D eigenvalue weighted by Gasteiger charge is 2.31. The average Bonchev–Trinajstić information content (AvgIpc) is 2.80. The van der Waals surface area contributed by atoms with Gasteiger partial charge in [-0.05, 0) is 47.1 Å². The van der Waals surface area contributed by atoms with E-state index in [-0.39, 0.29) is 23.3 Å². The van der Waals surface area contributed by atoms with E-state index in [2.05, 4.69) is 21.2 Å². The number of halogens is 3. The van der Waals surface area contributed by atoms with E-state index in [1.54, 1.807) is 19.2 Å². The summed E-state index contributed by atoms with van der Waals surface area (Å²) < 4.78 is 26.9. The Bertz CT molecular complexity index is 548. The van der Waals surface area contributed by atoms with Crippen molar-refractivity contribution in [2.75, 3.05) is 20.1 Å². The summed E-state index contributed by atoms with van der Waals surface area (Å²) in [4.78, 5) is 0.251. The van der Waals surface area contributed by atoms with Crippen LogP contribution in [-0.4, -0.2) is 38.9 Å². The largest absolute Gasteiger partial charge is 0.315 e. The highest BCUT2D eigenvalue weighted by Crippen LogP contribution is 2.28. The average molecular weight is 390 g/mol. The van der Waals surface area contributed by atoms with Crippen molar-refractivity contribution in [1.29, 1.82) is 0 Å². The number of hydrogen-bond donors (Lipinski definition) is 1. The normalized spacial score (nSPS) is 19.5. The lowest BCUT2D eigenvalue weighted by Gasteiger charge is -2.23. The van der Waals surface area contributed by atoms with Crippen LogP contribution in [0, 0.1) is 0 Å². The summed E-state index contributed by atoms with van der Waals surface area (Å²) in [6.07, 6.45) is 0.834. The molecule has 0 radical (unpaired) electrons. The van der Waals surface area contributed by atoms with Crippen molar-refractivity contribution in [2.24, 2.45) is 0 Å². The third-order valence-corrected chi connectivity index (χ3v) is 6.22. The first-order valence-electron chi connectivity index (χ1n) is 5.57. The molecule has 1 aromatic carbocycles. The van der Waals surface area contributed by atoms with Crippen LogP contribution in [0.25, 0.3) is 0 Å². The zero-order valence-electron chi connectivity index (χ0n) is 10.3. The van der Waals surface area contributed by atoms with Crippen LogP contribution in [-0.2, 0) is 10.0 Å². The van der Waals surface area contributed by atoms with Gasteiger partial charge in [-0.15, -0.1) is 12.4 Å². The van der Waals surface area contributed by atoms with Crippen LogP contribution in [0.5, 0.6) is 0 Å². The van der Waals surface area contributed by atoms with Gasteiger partial charge in [-0.25, -0.2) is 8.42 Å². The van der Waals surface area contributed by atoms with Crippen molar-refractivity contribution >= 4 is 50.0 Å². The molecule has 0 aromatic heterocycles. The van der Waals surface area contributed by atoms with Crippen LogP contribution in [0.3, 0.4) is 0 Å². The maximum Gasteiger partial charge on any atom is 0.244 e. The first kappa shape index (κ1) is 17.2. The van der Waals surface area contributed by atoms with E-state index < -0.39 is 10.0 Å². The van der Waals surface area contributed by atoms with E-state index in [1.165, 1.54) is 10.4 Å². The molecule has 0 aliphatic carbocycles. The van der Waals surface area contributed by atoms with Crippen LogP contribution in [0.1, 0.15) is 6.42 Å². The number of benzene rings is 1. The molecule has 4 nitrogen and oxygen atoms in total. The van der Waals surface area contributed by atoms with Gasteiger partial charge < -0.3 is 5.32 Å². The number of sulfonamides is 1. The smallest absolute Gasteiger partial charge is 0.244 e. The van der Waals surface area contributed by atoms with Gasteiger partial charge in [0.1, 0.15) is 0 Å². The minimum absolute atomic E-state index is 0. The Kier molecular flexibility index (Phi) is 6.10. The monoisotopic (exact) mass is 388 g/mol. The second-order valence-corrected chi connectivity index (χ2v) is 7.50. The van der Waals surface area contributed by atoms with E-state index in [0.717, 1.165) is 13.0 Å². The summed E-state index contributed by atoms with van der Waals surface area (Å²) in [7, 11) is -1.86. The molecular formula is C11H15BrCl2N2O2S. The predicted octanol–water partition coefficient (Wildman–Crippen LogP) is 2.51. The summed E-state index contributed by atoms with van der Waals surface area (Å²) in [6, 6.07) is 4.72. The zero-order valence-corrected chi connectivity index (χ0v) is 14.2. The molecule has 2 rings (SSSR count). The number of rotatable bonds is 3. The molecule has 0 bridgehead atoms. The molecule has 1 atom stereocenters. The van der Waals surface area contributed by atoms with E-state index >= 15 is 0 Å². The molecule has 1 unspecified atom stereocenters. The fourth-order valence-electron chi connectivity index (χ4n) is 1.99. The summed E-state index contributed by atoms with van der Waals surface area (Å²) in [6.45, 7) is 1.55. The molecule has 1 N–H and O–H groups in total. The third kappa shape index (κ3) is 3.62. The number of nitrogens with zero attached hydrogens (tertiary/aromatic N) is 1. The van der Waals surface area contributed by atoms with Crippen molar-refractivity contribution in [3.05, 3.63) is 27.7 Å². The lowest BCUT2D eigenvalue weighted by Crippen LogP contribution is -2.38. The van der Waals surface area contributed by atoms with Crippen molar-refractivity contribution in [3.63, 3.8) is 0 Å². The van der Waals surface area contributed by atoms with Crippen LogP contribution >= 0.6 is 39.9 Å². The van der Waals surface area contributed by atoms with Gasteiger partial charge in [0.05, 0.1) is 4.90 Å². The van der Waals surface area contributed by atoms with E-state index in [1.807, 2.05) is 0 Å². The van der Waals surface area contributed by atoms with E-state index in [0.29, 0.717) is 16.0 Å². The Balaban J connectivity index is 0.00000180. The van der Waals surface area contributed by atoms with E-state index in [9.17, 15) is 8.42 Å². The highest BCUT2D eigenvalue weighted by atomic mass is 79.9. The summed E-state index contributed by atoms with van der Waals surface area (Å²) in [5.74, 6) is 0. The molecule has 1 heterocycles. The van der Waals surface area contributed by atoms with Crippen molar-refractivity contribution in [2.45, 2.75) is 17.4 Å². The van der Waals surface area contributed by atoms with Gasteiger partial charge in [-0.3, -0.25) is 0 Å². The maximum absolute atomic E-state index is 12.5. The van der Waals surface area contributed by atoms with Crippen molar-refractivity contribution < 1.29 is 8.42 Å². The van der Waals surface area contributed by atoms with Crippen LogP contribution in [0.2, 0.25) is 5.02 Å². The van der Waals surface area contributed by atoms with Gasteiger partial charge in [0.25, 0.3) is 0 Å². The fraction of sp³-hybridized carbons (Fsp3) is 0.455. The first-order chi connectivity index (χ1) is 8.43. The number of hydrogen-bond acceptors (Lipinski definition) is 3. The lowest BCUT2D eigenvalue weighted by molar-refractivity contribution is 0.387. The topological polar surface area (TPSA) is 49.4 Å². The Labute approximate surface area is 133 Å². The fourth-order valence-corrected chi connectivity index (χ4v) is 4.71. The van der Waals surface area contributed by atoms with Crippen LogP contribution in [0.15, 0.2) is 27.6 Å². The molecule has 0 spiro atoms. The van der Waals surface area contributed by atoms with Crippen LogP contribution < -0.4 is 5.32 Å². The molecule has 0 amide bonds.